The number of anilines is 1. The van der Waals surface area contributed by atoms with Crippen molar-refractivity contribution in [2.24, 2.45) is 0 Å². The molecule has 2 aromatic rings. The second-order valence-electron chi connectivity index (χ2n) is 6.85. The van der Waals surface area contributed by atoms with Crippen molar-refractivity contribution in [2.75, 3.05) is 38.0 Å². The van der Waals surface area contributed by atoms with Gasteiger partial charge in [-0.1, -0.05) is 6.07 Å². The smallest absolute Gasteiger partial charge is 0.269 e. The zero-order valence-corrected chi connectivity index (χ0v) is 15.8. The highest BCUT2D eigenvalue weighted by atomic mass is 16.6. The first-order chi connectivity index (χ1) is 13.6. The van der Waals surface area contributed by atoms with Crippen LogP contribution in [0.4, 0.5) is 11.4 Å². The van der Waals surface area contributed by atoms with Crippen LogP contribution in [-0.4, -0.2) is 58.3 Å². The monoisotopic (exact) mass is 383 g/mol. The van der Waals surface area contributed by atoms with Crippen molar-refractivity contribution in [3.8, 4) is 0 Å². The van der Waals surface area contributed by atoms with E-state index in [0.29, 0.717) is 13.0 Å². The number of piperazine rings is 1. The Bertz CT molecular complexity index is 774. The molecule has 0 unspecified atom stereocenters. The molecule has 28 heavy (non-hydrogen) atoms. The second-order valence-corrected chi connectivity index (χ2v) is 6.85. The molecule has 1 aromatic heterocycles. The molecule has 3 rings (SSSR count). The third-order valence-corrected chi connectivity index (χ3v) is 4.83. The third-order valence-electron chi connectivity index (χ3n) is 4.83. The van der Waals surface area contributed by atoms with Crippen molar-refractivity contribution in [2.45, 2.75) is 19.4 Å². The molecule has 1 fully saturated rings. The lowest BCUT2D eigenvalue weighted by molar-refractivity contribution is -0.384. The molecule has 0 saturated carbocycles. The van der Waals surface area contributed by atoms with Crippen molar-refractivity contribution >= 4 is 17.3 Å². The van der Waals surface area contributed by atoms with Crippen molar-refractivity contribution in [1.29, 1.82) is 0 Å². The summed E-state index contributed by atoms with van der Waals surface area (Å²) in [7, 11) is 0. The summed E-state index contributed by atoms with van der Waals surface area (Å²) in [6, 6.07) is 10.3. The summed E-state index contributed by atoms with van der Waals surface area (Å²) in [6.07, 6.45) is 4.89. The first-order valence-electron chi connectivity index (χ1n) is 9.49. The predicted octanol–water partition coefficient (Wildman–Crippen LogP) is 2.53. The third kappa shape index (κ3) is 5.75. The van der Waals surface area contributed by atoms with Gasteiger partial charge in [-0.15, -0.1) is 0 Å². The van der Waals surface area contributed by atoms with Crippen LogP contribution >= 0.6 is 0 Å². The van der Waals surface area contributed by atoms with E-state index in [2.05, 4.69) is 21.3 Å². The summed E-state index contributed by atoms with van der Waals surface area (Å²) in [4.78, 5) is 31.0. The standard InChI is InChI=1S/C20H25N5O3/c26-20(4-2-10-22-18-5-7-19(8-6-18)25(27)28)24-13-11-23(12-14-24)16-17-3-1-9-21-15-17/h1,3,5-9,15,22H,2,4,10-14,16H2. The number of hydrogen-bond acceptors (Lipinski definition) is 6. The summed E-state index contributed by atoms with van der Waals surface area (Å²) >= 11 is 0. The molecule has 1 aromatic carbocycles. The Morgan fingerprint density at radius 3 is 2.54 bits per heavy atom. The number of carbonyl (C=O) groups excluding carboxylic acids is 1. The van der Waals surface area contributed by atoms with Gasteiger partial charge in [0.05, 0.1) is 4.92 Å². The fourth-order valence-electron chi connectivity index (χ4n) is 3.24. The van der Waals surface area contributed by atoms with Crippen LogP contribution in [-0.2, 0) is 11.3 Å². The molecule has 0 spiro atoms. The largest absolute Gasteiger partial charge is 0.385 e. The van der Waals surface area contributed by atoms with E-state index in [1.807, 2.05) is 17.2 Å². The average molecular weight is 383 g/mol. The van der Waals surface area contributed by atoms with Gasteiger partial charge in [-0.3, -0.25) is 24.8 Å². The van der Waals surface area contributed by atoms with Crippen LogP contribution in [0.15, 0.2) is 48.8 Å². The molecule has 8 nitrogen and oxygen atoms in total. The summed E-state index contributed by atoms with van der Waals surface area (Å²) in [5, 5.41) is 13.8. The number of pyridine rings is 1. The maximum absolute atomic E-state index is 12.4. The normalized spacial score (nSPS) is 14.6. The zero-order chi connectivity index (χ0) is 19.8. The molecule has 1 amide bonds. The minimum Gasteiger partial charge on any atom is -0.385 e. The van der Waals surface area contributed by atoms with Gasteiger partial charge in [-0.05, 0) is 30.2 Å². The molecule has 1 aliphatic rings. The SMILES string of the molecule is O=C(CCCNc1ccc([N+](=O)[O-])cc1)N1CCN(Cc2cccnc2)CC1. The van der Waals surface area contributed by atoms with E-state index in [1.54, 1.807) is 18.3 Å². The number of nitro benzene ring substituents is 1. The van der Waals surface area contributed by atoms with Crippen molar-refractivity contribution < 1.29 is 9.72 Å². The Morgan fingerprint density at radius 1 is 1.14 bits per heavy atom. The van der Waals surface area contributed by atoms with Crippen molar-refractivity contribution in [3.63, 3.8) is 0 Å². The van der Waals surface area contributed by atoms with Gasteiger partial charge in [0.25, 0.3) is 5.69 Å². The molecule has 0 bridgehead atoms. The lowest BCUT2D eigenvalue weighted by Gasteiger charge is -2.34. The number of hydrogen-bond donors (Lipinski definition) is 1. The number of nitrogens with zero attached hydrogens (tertiary/aromatic N) is 4. The van der Waals surface area contributed by atoms with Crippen LogP contribution in [0.3, 0.4) is 0 Å². The van der Waals surface area contributed by atoms with E-state index in [4.69, 9.17) is 0 Å². The van der Waals surface area contributed by atoms with Crippen LogP contribution in [0.1, 0.15) is 18.4 Å². The molecule has 1 aliphatic heterocycles. The maximum Gasteiger partial charge on any atom is 0.269 e. The highest BCUT2D eigenvalue weighted by molar-refractivity contribution is 5.76. The first-order valence-corrected chi connectivity index (χ1v) is 9.49. The quantitative estimate of drug-likeness (QED) is 0.428. The predicted molar refractivity (Wildman–Crippen MR) is 107 cm³/mol. The molecule has 2 heterocycles. The summed E-state index contributed by atoms with van der Waals surface area (Å²) in [5.41, 5.74) is 2.09. The maximum atomic E-state index is 12.4. The van der Waals surface area contributed by atoms with Crippen molar-refractivity contribution in [1.82, 2.24) is 14.8 Å². The number of rotatable bonds is 8. The first kappa shape index (κ1) is 19.8. The van der Waals surface area contributed by atoms with E-state index < -0.39 is 4.92 Å². The molecule has 0 aliphatic carbocycles. The van der Waals surface area contributed by atoms with Crippen LogP contribution in [0.2, 0.25) is 0 Å². The van der Waals surface area contributed by atoms with Gasteiger partial charge in [0.1, 0.15) is 0 Å². The Balaban J connectivity index is 1.33. The molecule has 0 atom stereocenters. The van der Waals surface area contributed by atoms with Gasteiger partial charge in [0, 0.05) is 75.9 Å². The van der Waals surface area contributed by atoms with Crippen LogP contribution in [0, 0.1) is 10.1 Å². The van der Waals surface area contributed by atoms with Gasteiger partial charge in [-0.2, -0.15) is 0 Å². The summed E-state index contributed by atoms with van der Waals surface area (Å²) in [6.45, 7) is 4.80. The number of nitrogens with one attached hydrogen (secondary N) is 1. The van der Waals surface area contributed by atoms with Crippen LogP contribution in [0.25, 0.3) is 0 Å². The van der Waals surface area contributed by atoms with E-state index >= 15 is 0 Å². The Morgan fingerprint density at radius 2 is 1.89 bits per heavy atom. The topological polar surface area (TPSA) is 91.6 Å². The number of non-ortho nitro benzene ring substituents is 1. The lowest BCUT2D eigenvalue weighted by atomic mass is 10.2. The Kier molecular flexibility index (Phi) is 6.91. The van der Waals surface area contributed by atoms with Gasteiger partial charge in [-0.25, -0.2) is 0 Å². The highest BCUT2D eigenvalue weighted by Crippen LogP contribution is 2.15. The molecule has 148 valence electrons. The average Bonchev–Trinajstić information content (AvgIpc) is 2.72. The number of nitro groups is 1. The minimum absolute atomic E-state index is 0.0726. The Hall–Kier alpha value is -3.00. The van der Waals surface area contributed by atoms with E-state index in [0.717, 1.165) is 44.8 Å². The number of aromatic nitrogens is 1. The fraction of sp³-hybridized carbons (Fsp3) is 0.400. The molecular weight excluding hydrogens is 358 g/mol. The Labute approximate surface area is 164 Å². The van der Waals surface area contributed by atoms with Crippen LogP contribution in [0.5, 0.6) is 0 Å². The zero-order valence-electron chi connectivity index (χ0n) is 15.8. The van der Waals surface area contributed by atoms with E-state index in [9.17, 15) is 14.9 Å². The van der Waals surface area contributed by atoms with Crippen LogP contribution < -0.4 is 5.32 Å². The molecule has 1 saturated heterocycles. The van der Waals surface area contributed by atoms with E-state index in [1.165, 1.54) is 17.7 Å². The van der Waals surface area contributed by atoms with Gasteiger partial charge in [0.15, 0.2) is 0 Å². The van der Waals surface area contributed by atoms with Gasteiger partial charge >= 0.3 is 0 Å². The summed E-state index contributed by atoms with van der Waals surface area (Å²) < 4.78 is 0. The molecule has 0 radical (unpaired) electrons. The highest BCUT2D eigenvalue weighted by Gasteiger charge is 2.20. The number of amides is 1. The second kappa shape index (κ2) is 9.80. The lowest BCUT2D eigenvalue weighted by Crippen LogP contribution is -2.48. The molecule has 1 N–H and O–H groups in total. The minimum atomic E-state index is -0.418. The molecule has 8 heteroatoms. The summed E-state index contributed by atoms with van der Waals surface area (Å²) in [5.74, 6) is 0.187. The fourth-order valence-corrected chi connectivity index (χ4v) is 3.24. The number of benzene rings is 1. The van der Waals surface area contributed by atoms with E-state index in [-0.39, 0.29) is 11.6 Å². The van der Waals surface area contributed by atoms with Gasteiger partial charge in [0.2, 0.25) is 5.91 Å². The molecular formula is C20H25N5O3. The number of carbonyl (C=O) groups is 1. The van der Waals surface area contributed by atoms with Crippen molar-refractivity contribution in [3.05, 3.63) is 64.5 Å². The van der Waals surface area contributed by atoms with Gasteiger partial charge < -0.3 is 10.2 Å².